The molecule has 94 valence electrons. The fourth-order valence-electron chi connectivity index (χ4n) is 1.49. The summed E-state index contributed by atoms with van der Waals surface area (Å²) in [7, 11) is 1.62. The molecule has 1 aromatic rings. The van der Waals surface area contributed by atoms with Gasteiger partial charge in [-0.25, -0.2) is 4.79 Å². The molecule has 0 aliphatic rings. The Hall–Kier alpha value is -1.46. The highest BCUT2D eigenvalue weighted by molar-refractivity contribution is 5.79. The molecule has 0 aromatic carbocycles. The van der Waals surface area contributed by atoms with Crippen molar-refractivity contribution >= 4 is 5.97 Å². The molecule has 2 N–H and O–H groups in total. The van der Waals surface area contributed by atoms with Crippen LogP contribution in [-0.4, -0.2) is 36.3 Å². The van der Waals surface area contributed by atoms with Gasteiger partial charge in [0.2, 0.25) is 0 Å². The lowest BCUT2D eigenvalue weighted by Crippen LogP contribution is -2.47. The largest absolute Gasteiger partial charge is 0.480 e. The molecule has 0 fully saturated rings. The Bertz CT molecular complexity index is 356. The number of aromatic nitrogens is 1. The highest BCUT2D eigenvalue weighted by atomic mass is 16.5. The number of nitrogens with one attached hydrogen (secondary N) is 1. The molecule has 0 spiro atoms. The van der Waals surface area contributed by atoms with Gasteiger partial charge in [-0.15, -0.1) is 0 Å². The Morgan fingerprint density at radius 1 is 1.59 bits per heavy atom. The lowest BCUT2D eigenvalue weighted by molar-refractivity contribution is -0.144. The van der Waals surface area contributed by atoms with Gasteiger partial charge in [0.05, 0.1) is 5.69 Å². The van der Waals surface area contributed by atoms with Crippen LogP contribution in [0.2, 0.25) is 0 Å². The number of pyridine rings is 1. The molecule has 0 aliphatic carbocycles. The first-order chi connectivity index (χ1) is 8.11. The van der Waals surface area contributed by atoms with Crippen molar-refractivity contribution < 1.29 is 14.6 Å². The third-order valence-electron chi connectivity index (χ3n) is 2.61. The van der Waals surface area contributed by atoms with E-state index in [1.54, 1.807) is 38.4 Å². The van der Waals surface area contributed by atoms with Crippen LogP contribution in [0.5, 0.6) is 0 Å². The van der Waals surface area contributed by atoms with Crippen molar-refractivity contribution in [3.05, 3.63) is 30.1 Å². The maximum Gasteiger partial charge on any atom is 0.329 e. The van der Waals surface area contributed by atoms with Gasteiger partial charge in [-0.1, -0.05) is 6.07 Å². The SMILES string of the molecule is COCCCNC(C)(C(=O)O)c1ccccn1. The summed E-state index contributed by atoms with van der Waals surface area (Å²) in [6.45, 7) is 2.78. The van der Waals surface area contributed by atoms with Crippen LogP contribution >= 0.6 is 0 Å². The molecule has 17 heavy (non-hydrogen) atoms. The van der Waals surface area contributed by atoms with E-state index < -0.39 is 11.5 Å². The van der Waals surface area contributed by atoms with Gasteiger partial charge in [-0.05, 0) is 32.0 Å². The molecule has 1 unspecified atom stereocenters. The summed E-state index contributed by atoms with van der Waals surface area (Å²) in [5.41, 5.74) is -0.653. The summed E-state index contributed by atoms with van der Waals surface area (Å²) in [6, 6.07) is 5.24. The minimum Gasteiger partial charge on any atom is -0.480 e. The van der Waals surface area contributed by atoms with E-state index >= 15 is 0 Å². The normalized spacial score (nSPS) is 14.2. The van der Waals surface area contributed by atoms with Crippen molar-refractivity contribution in [2.24, 2.45) is 0 Å². The Labute approximate surface area is 101 Å². The molecule has 1 aromatic heterocycles. The fraction of sp³-hybridized carbons (Fsp3) is 0.500. The average molecular weight is 238 g/mol. The first-order valence-corrected chi connectivity index (χ1v) is 5.50. The Morgan fingerprint density at radius 2 is 2.35 bits per heavy atom. The molecule has 0 saturated carbocycles. The zero-order valence-electron chi connectivity index (χ0n) is 10.1. The van der Waals surface area contributed by atoms with Gasteiger partial charge in [0.15, 0.2) is 5.54 Å². The summed E-state index contributed by atoms with van der Waals surface area (Å²) in [6.07, 6.45) is 2.35. The van der Waals surface area contributed by atoms with Crippen molar-refractivity contribution in [3.63, 3.8) is 0 Å². The number of methoxy groups -OCH3 is 1. The first kappa shape index (κ1) is 13.6. The van der Waals surface area contributed by atoms with Gasteiger partial charge < -0.3 is 9.84 Å². The number of rotatable bonds is 7. The summed E-state index contributed by atoms with van der Waals surface area (Å²) < 4.78 is 4.92. The Morgan fingerprint density at radius 3 is 2.88 bits per heavy atom. The third-order valence-corrected chi connectivity index (χ3v) is 2.61. The van der Waals surface area contributed by atoms with Gasteiger partial charge in [0, 0.05) is 19.9 Å². The van der Waals surface area contributed by atoms with E-state index in [1.807, 2.05) is 0 Å². The van der Waals surface area contributed by atoms with Crippen LogP contribution in [0, 0.1) is 0 Å². The Balaban J connectivity index is 2.73. The molecule has 1 atom stereocenters. The number of ether oxygens (including phenoxy) is 1. The lowest BCUT2D eigenvalue weighted by Gasteiger charge is -2.25. The van der Waals surface area contributed by atoms with Crippen LogP contribution in [-0.2, 0) is 15.1 Å². The maximum absolute atomic E-state index is 11.4. The van der Waals surface area contributed by atoms with Crippen LogP contribution in [0.1, 0.15) is 19.0 Å². The molecule has 1 heterocycles. The number of nitrogens with zero attached hydrogens (tertiary/aromatic N) is 1. The van der Waals surface area contributed by atoms with E-state index in [1.165, 1.54) is 0 Å². The highest BCUT2D eigenvalue weighted by Gasteiger charge is 2.35. The molecule has 5 nitrogen and oxygen atoms in total. The van der Waals surface area contributed by atoms with Crippen molar-refractivity contribution in [1.29, 1.82) is 0 Å². The van der Waals surface area contributed by atoms with E-state index in [0.29, 0.717) is 18.8 Å². The second kappa shape index (κ2) is 6.32. The minimum atomic E-state index is -1.16. The number of hydrogen-bond acceptors (Lipinski definition) is 4. The monoisotopic (exact) mass is 238 g/mol. The topological polar surface area (TPSA) is 71.5 Å². The summed E-state index contributed by atoms with van der Waals surface area (Å²) in [5, 5.41) is 12.3. The van der Waals surface area contributed by atoms with Crippen LogP contribution in [0.25, 0.3) is 0 Å². The van der Waals surface area contributed by atoms with Gasteiger partial charge in [-0.2, -0.15) is 0 Å². The van der Waals surface area contributed by atoms with Crippen LogP contribution in [0.3, 0.4) is 0 Å². The number of hydrogen-bond donors (Lipinski definition) is 2. The summed E-state index contributed by atoms with van der Waals surface area (Å²) in [5.74, 6) is -0.936. The molecule has 5 heteroatoms. The molecular weight excluding hydrogens is 220 g/mol. The summed E-state index contributed by atoms with van der Waals surface area (Å²) in [4.78, 5) is 15.4. The zero-order valence-corrected chi connectivity index (χ0v) is 10.1. The minimum absolute atomic E-state index is 0.505. The fourth-order valence-corrected chi connectivity index (χ4v) is 1.49. The van der Waals surface area contributed by atoms with E-state index in [-0.39, 0.29) is 0 Å². The molecule has 0 bridgehead atoms. The molecule has 0 aliphatic heterocycles. The first-order valence-electron chi connectivity index (χ1n) is 5.50. The lowest BCUT2D eigenvalue weighted by atomic mass is 9.97. The molecular formula is C12H18N2O3. The van der Waals surface area contributed by atoms with E-state index in [2.05, 4.69) is 10.3 Å². The van der Waals surface area contributed by atoms with Crippen molar-refractivity contribution in [1.82, 2.24) is 10.3 Å². The number of carboxylic acid groups (broad SMARTS) is 1. The summed E-state index contributed by atoms with van der Waals surface area (Å²) >= 11 is 0. The standard InChI is InChI=1S/C12H18N2O3/c1-12(11(15)16,14-8-5-9-17-2)10-6-3-4-7-13-10/h3-4,6-7,14H,5,8-9H2,1-2H3,(H,15,16). The predicted octanol–water partition coefficient (Wildman–Crippen LogP) is 1.01. The van der Waals surface area contributed by atoms with Gasteiger partial charge in [-0.3, -0.25) is 10.3 Å². The smallest absolute Gasteiger partial charge is 0.329 e. The van der Waals surface area contributed by atoms with Gasteiger partial charge in [0.1, 0.15) is 0 Å². The van der Waals surface area contributed by atoms with E-state index in [0.717, 1.165) is 6.42 Å². The van der Waals surface area contributed by atoms with Crippen LogP contribution in [0.15, 0.2) is 24.4 Å². The molecule has 0 amide bonds. The van der Waals surface area contributed by atoms with E-state index in [4.69, 9.17) is 4.74 Å². The molecule has 0 radical (unpaired) electrons. The number of carbonyl (C=O) groups is 1. The Kier molecular flexibility index (Phi) is 5.06. The second-order valence-electron chi connectivity index (χ2n) is 3.92. The highest BCUT2D eigenvalue weighted by Crippen LogP contribution is 2.18. The van der Waals surface area contributed by atoms with Gasteiger partial charge >= 0.3 is 5.97 Å². The van der Waals surface area contributed by atoms with Gasteiger partial charge in [0.25, 0.3) is 0 Å². The van der Waals surface area contributed by atoms with Crippen LogP contribution < -0.4 is 5.32 Å². The molecule has 0 saturated heterocycles. The van der Waals surface area contributed by atoms with E-state index in [9.17, 15) is 9.90 Å². The van der Waals surface area contributed by atoms with Crippen molar-refractivity contribution in [3.8, 4) is 0 Å². The predicted molar refractivity (Wildman–Crippen MR) is 63.7 cm³/mol. The quantitative estimate of drug-likeness (QED) is 0.694. The zero-order chi connectivity index (χ0) is 12.7. The van der Waals surface area contributed by atoms with Crippen molar-refractivity contribution in [2.75, 3.05) is 20.3 Å². The average Bonchev–Trinajstić information content (AvgIpc) is 2.35. The molecule has 1 rings (SSSR count). The number of carboxylic acids is 1. The second-order valence-corrected chi connectivity index (χ2v) is 3.92. The maximum atomic E-state index is 11.4. The van der Waals surface area contributed by atoms with Crippen LogP contribution in [0.4, 0.5) is 0 Å². The third kappa shape index (κ3) is 3.51. The van der Waals surface area contributed by atoms with Crippen molar-refractivity contribution in [2.45, 2.75) is 18.9 Å². The number of aliphatic carboxylic acids is 1.